The summed E-state index contributed by atoms with van der Waals surface area (Å²) in [4.78, 5) is 21.1. The van der Waals surface area contributed by atoms with Crippen LogP contribution < -0.4 is 5.32 Å². The number of carbonyl (C=O) groups excluding carboxylic acids is 2. The Bertz CT molecular complexity index is 136. The molecule has 0 fully saturated rings. The highest BCUT2D eigenvalue weighted by Gasteiger charge is 2.05. The summed E-state index contributed by atoms with van der Waals surface area (Å²) in [5, 5.41) is 2.49. The Morgan fingerprint density at radius 1 is 1.50 bits per heavy atom. The molecule has 0 aromatic rings. The molecule has 0 rings (SSSR count). The first-order chi connectivity index (χ1) is 4.70. The molecule has 0 saturated carbocycles. The lowest BCUT2D eigenvalue weighted by molar-refractivity contribution is -0.126. The molecule has 10 heavy (non-hydrogen) atoms. The van der Waals surface area contributed by atoms with Crippen molar-refractivity contribution in [1.29, 1.82) is 0 Å². The van der Waals surface area contributed by atoms with Crippen LogP contribution in [0, 0.1) is 0 Å². The van der Waals surface area contributed by atoms with Gasteiger partial charge in [-0.15, -0.1) is 11.6 Å². The molecular formula is C6H10ClNO2. The minimum atomic E-state index is -0.256. The van der Waals surface area contributed by atoms with Crippen molar-refractivity contribution < 1.29 is 9.59 Å². The van der Waals surface area contributed by atoms with Crippen LogP contribution in [-0.2, 0) is 9.59 Å². The Morgan fingerprint density at radius 2 is 2.10 bits per heavy atom. The Hall–Kier alpha value is -0.570. The summed E-state index contributed by atoms with van der Waals surface area (Å²) < 4.78 is 0. The van der Waals surface area contributed by atoms with E-state index in [-0.39, 0.29) is 24.0 Å². The molecule has 0 heterocycles. The summed E-state index contributed by atoms with van der Waals surface area (Å²) in [5.41, 5.74) is 0. The molecule has 0 spiro atoms. The largest absolute Gasteiger partial charge is 0.356 e. The second-order valence-corrected chi connectivity index (χ2v) is 2.07. The molecule has 0 radical (unpaired) electrons. The molecule has 0 atom stereocenters. The third-order valence-corrected chi connectivity index (χ3v) is 1.18. The number of amides is 1. The van der Waals surface area contributed by atoms with Crippen LogP contribution in [0.25, 0.3) is 0 Å². The van der Waals surface area contributed by atoms with E-state index >= 15 is 0 Å². The molecule has 0 unspecified atom stereocenters. The standard InChI is InChI=1S/C6H10ClNO2/c1-2-8-6(10)3-5(9)4-7/h2-4H2,1H3,(H,8,10). The van der Waals surface area contributed by atoms with Gasteiger partial charge in [0.15, 0.2) is 5.78 Å². The molecule has 58 valence electrons. The maximum Gasteiger partial charge on any atom is 0.227 e. The Kier molecular flexibility index (Phi) is 4.94. The van der Waals surface area contributed by atoms with Crippen molar-refractivity contribution in [3.05, 3.63) is 0 Å². The second-order valence-electron chi connectivity index (χ2n) is 1.80. The Labute approximate surface area is 64.7 Å². The molecule has 0 aliphatic rings. The molecule has 1 N–H and O–H groups in total. The number of ketones is 1. The molecular weight excluding hydrogens is 154 g/mol. The molecule has 0 bridgehead atoms. The van der Waals surface area contributed by atoms with E-state index in [1.807, 2.05) is 0 Å². The van der Waals surface area contributed by atoms with Gasteiger partial charge in [-0.25, -0.2) is 0 Å². The van der Waals surface area contributed by atoms with E-state index in [4.69, 9.17) is 11.6 Å². The summed E-state index contributed by atoms with van der Waals surface area (Å²) in [6.45, 7) is 2.34. The van der Waals surface area contributed by atoms with Crippen LogP contribution >= 0.6 is 11.6 Å². The van der Waals surface area contributed by atoms with E-state index in [1.165, 1.54) is 0 Å². The molecule has 4 heteroatoms. The number of hydrogen-bond acceptors (Lipinski definition) is 2. The lowest BCUT2D eigenvalue weighted by Crippen LogP contribution is -2.25. The minimum Gasteiger partial charge on any atom is -0.356 e. The average Bonchev–Trinajstić information content (AvgIpc) is 1.88. The number of alkyl halides is 1. The highest BCUT2D eigenvalue weighted by atomic mass is 35.5. The van der Waals surface area contributed by atoms with Crippen LogP contribution in [0.2, 0.25) is 0 Å². The fraction of sp³-hybridized carbons (Fsp3) is 0.667. The number of rotatable bonds is 4. The van der Waals surface area contributed by atoms with Crippen LogP contribution in [0.3, 0.4) is 0 Å². The van der Waals surface area contributed by atoms with Gasteiger partial charge in [0.25, 0.3) is 0 Å². The molecule has 0 aromatic heterocycles. The van der Waals surface area contributed by atoms with E-state index in [0.717, 1.165) is 0 Å². The predicted octanol–water partition coefficient (Wildman–Crippen LogP) is 0.320. The third-order valence-electron chi connectivity index (χ3n) is 0.881. The quantitative estimate of drug-likeness (QED) is 0.479. The van der Waals surface area contributed by atoms with Gasteiger partial charge in [-0.1, -0.05) is 0 Å². The van der Waals surface area contributed by atoms with Crippen LogP contribution in [0.4, 0.5) is 0 Å². The fourth-order valence-electron chi connectivity index (χ4n) is 0.486. The summed E-state index contributed by atoms with van der Waals surface area (Å²) in [7, 11) is 0. The molecule has 0 aliphatic heterocycles. The van der Waals surface area contributed by atoms with Crippen LogP contribution in [0.15, 0.2) is 0 Å². The first-order valence-corrected chi connectivity index (χ1v) is 3.58. The topological polar surface area (TPSA) is 46.2 Å². The van der Waals surface area contributed by atoms with Crippen molar-refractivity contribution in [2.45, 2.75) is 13.3 Å². The molecule has 0 saturated heterocycles. The Morgan fingerprint density at radius 3 is 2.50 bits per heavy atom. The fourth-order valence-corrected chi connectivity index (χ4v) is 0.580. The maximum absolute atomic E-state index is 10.6. The van der Waals surface area contributed by atoms with E-state index < -0.39 is 0 Å². The predicted molar refractivity (Wildman–Crippen MR) is 39.0 cm³/mol. The number of Topliss-reactive ketones (excluding diaryl/α,β-unsaturated/α-hetero) is 1. The van der Waals surface area contributed by atoms with Crippen LogP contribution in [0.5, 0.6) is 0 Å². The van der Waals surface area contributed by atoms with E-state index in [9.17, 15) is 9.59 Å². The number of halogens is 1. The molecule has 3 nitrogen and oxygen atoms in total. The average molecular weight is 164 g/mol. The zero-order valence-corrected chi connectivity index (χ0v) is 6.57. The third kappa shape index (κ3) is 4.32. The minimum absolute atomic E-state index is 0.0862. The van der Waals surface area contributed by atoms with Gasteiger partial charge >= 0.3 is 0 Å². The van der Waals surface area contributed by atoms with E-state index in [1.54, 1.807) is 6.92 Å². The summed E-state index contributed by atoms with van der Waals surface area (Å²) in [5.74, 6) is -0.585. The summed E-state index contributed by atoms with van der Waals surface area (Å²) in [6, 6.07) is 0. The van der Waals surface area contributed by atoms with Gasteiger partial charge in [0, 0.05) is 6.54 Å². The van der Waals surface area contributed by atoms with Crippen molar-refractivity contribution in [3.8, 4) is 0 Å². The SMILES string of the molecule is CCNC(=O)CC(=O)CCl. The van der Waals surface area contributed by atoms with E-state index in [2.05, 4.69) is 5.32 Å². The molecule has 0 aliphatic carbocycles. The number of nitrogens with one attached hydrogen (secondary N) is 1. The highest BCUT2D eigenvalue weighted by molar-refractivity contribution is 6.29. The van der Waals surface area contributed by atoms with Crippen molar-refractivity contribution >= 4 is 23.3 Å². The first-order valence-electron chi connectivity index (χ1n) is 3.05. The zero-order valence-electron chi connectivity index (χ0n) is 5.82. The lowest BCUT2D eigenvalue weighted by Gasteiger charge is -1.97. The van der Waals surface area contributed by atoms with Gasteiger partial charge in [0.05, 0.1) is 12.3 Å². The molecule has 1 amide bonds. The van der Waals surface area contributed by atoms with Gasteiger partial charge in [-0.05, 0) is 6.92 Å². The van der Waals surface area contributed by atoms with Crippen molar-refractivity contribution in [2.75, 3.05) is 12.4 Å². The van der Waals surface area contributed by atoms with Gasteiger partial charge in [-0.3, -0.25) is 9.59 Å². The first kappa shape index (κ1) is 9.43. The van der Waals surface area contributed by atoms with E-state index in [0.29, 0.717) is 6.54 Å². The smallest absolute Gasteiger partial charge is 0.227 e. The van der Waals surface area contributed by atoms with Gasteiger partial charge < -0.3 is 5.32 Å². The monoisotopic (exact) mass is 163 g/mol. The van der Waals surface area contributed by atoms with Crippen molar-refractivity contribution in [2.24, 2.45) is 0 Å². The highest BCUT2D eigenvalue weighted by Crippen LogP contribution is 1.85. The zero-order chi connectivity index (χ0) is 7.98. The lowest BCUT2D eigenvalue weighted by atomic mass is 10.3. The summed E-state index contributed by atoms with van der Waals surface area (Å²) >= 11 is 5.17. The van der Waals surface area contributed by atoms with Crippen molar-refractivity contribution in [1.82, 2.24) is 5.32 Å². The second kappa shape index (κ2) is 5.23. The van der Waals surface area contributed by atoms with Crippen molar-refractivity contribution in [3.63, 3.8) is 0 Å². The van der Waals surface area contributed by atoms with Crippen LogP contribution in [0.1, 0.15) is 13.3 Å². The van der Waals surface area contributed by atoms with Crippen LogP contribution in [-0.4, -0.2) is 24.1 Å². The maximum atomic E-state index is 10.6. The van der Waals surface area contributed by atoms with Gasteiger partial charge in [0.2, 0.25) is 5.91 Å². The normalized spacial score (nSPS) is 9.00. The summed E-state index contributed by atoms with van der Waals surface area (Å²) in [6.07, 6.45) is -0.0999. The van der Waals surface area contributed by atoms with Gasteiger partial charge in [0.1, 0.15) is 0 Å². The Balaban J connectivity index is 3.47. The number of carbonyl (C=O) groups is 2. The van der Waals surface area contributed by atoms with Gasteiger partial charge in [-0.2, -0.15) is 0 Å². The number of hydrogen-bond donors (Lipinski definition) is 1. The molecule has 0 aromatic carbocycles.